The van der Waals surface area contributed by atoms with Crippen molar-refractivity contribution in [3.8, 4) is 0 Å². The Balaban J connectivity index is 1.68. The van der Waals surface area contributed by atoms with Crippen LogP contribution in [0, 0.1) is 6.92 Å². The third kappa shape index (κ3) is 2.67. The van der Waals surface area contributed by atoms with E-state index >= 15 is 0 Å². The lowest BCUT2D eigenvalue weighted by atomic mass is 9.77. The Kier molecular flexibility index (Phi) is 3.71. The molecule has 2 fully saturated rings. The maximum atomic E-state index is 12.3. The Morgan fingerprint density at radius 1 is 1.43 bits per heavy atom. The molecule has 2 aliphatic rings. The molecule has 1 aliphatic carbocycles. The number of thiazole rings is 1. The Labute approximate surface area is 126 Å². The number of hydrogen-bond donors (Lipinski definition) is 2. The standard InChI is InChI=1S/C14H18N2O4S/c1-8-7-21-13(15-8)14(5-2-6-14)16-11(17)9-3-4-10(20-9)12(18)19/h7,9-10H,2-6H2,1H3,(H,16,17)(H,18,19)/t9-,10+/m0/s1. The van der Waals surface area contributed by atoms with Crippen LogP contribution in [0.15, 0.2) is 5.38 Å². The fourth-order valence-corrected chi connectivity index (χ4v) is 3.84. The van der Waals surface area contributed by atoms with Gasteiger partial charge in [-0.25, -0.2) is 9.78 Å². The highest BCUT2D eigenvalue weighted by molar-refractivity contribution is 7.09. The van der Waals surface area contributed by atoms with Crippen LogP contribution in [0.2, 0.25) is 0 Å². The molecule has 1 aliphatic heterocycles. The summed E-state index contributed by atoms with van der Waals surface area (Å²) in [7, 11) is 0. The zero-order valence-electron chi connectivity index (χ0n) is 11.8. The molecule has 2 atom stereocenters. The minimum atomic E-state index is -1.00. The van der Waals surface area contributed by atoms with E-state index in [2.05, 4.69) is 10.3 Å². The first-order chi connectivity index (χ1) is 10.00. The van der Waals surface area contributed by atoms with Gasteiger partial charge in [0, 0.05) is 11.1 Å². The molecule has 1 aromatic rings. The summed E-state index contributed by atoms with van der Waals surface area (Å²) in [5.41, 5.74) is 0.583. The maximum Gasteiger partial charge on any atom is 0.332 e. The van der Waals surface area contributed by atoms with Crippen LogP contribution in [0.5, 0.6) is 0 Å². The van der Waals surface area contributed by atoms with Gasteiger partial charge in [0.1, 0.15) is 11.1 Å². The van der Waals surface area contributed by atoms with Crippen molar-refractivity contribution in [3.63, 3.8) is 0 Å². The monoisotopic (exact) mass is 310 g/mol. The fourth-order valence-electron chi connectivity index (χ4n) is 2.82. The van der Waals surface area contributed by atoms with Crippen LogP contribution in [-0.4, -0.2) is 34.2 Å². The van der Waals surface area contributed by atoms with E-state index in [-0.39, 0.29) is 11.4 Å². The van der Waals surface area contributed by atoms with Crippen molar-refractivity contribution in [2.45, 2.75) is 56.8 Å². The molecule has 3 rings (SSSR count). The maximum absolute atomic E-state index is 12.3. The third-order valence-corrected chi connectivity index (χ3v) is 5.35. The van der Waals surface area contributed by atoms with E-state index in [0.717, 1.165) is 30.0 Å². The normalized spacial score (nSPS) is 27.1. The second-order valence-electron chi connectivity index (χ2n) is 5.75. The van der Waals surface area contributed by atoms with Crippen LogP contribution in [-0.2, 0) is 19.9 Å². The van der Waals surface area contributed by atoms with E-state index < -0.39 is 18.2 Å². The van der Waals surface area contributed by atoms with E-state index in [1.807, 2.05) is 12.3 Å². The van der Waals surface area contributed by atoms with Crippen LogP contribution in [0.25, 0.3) is 0 Å². The molecule has 2 heterocycles. The SMILES string of the molecule is Cc1csc(C2(NC(=O)[C@@H]3CC[C@H](C(=O)O)O3)CCC2)n1. The first-order valence-electron chi connectivity index (χ1n) is 7.13. The van der Waals surface area contributed by atoms with Crippen molar-refractivity contribution in [3.05, 3.63) is 16.1 Å². The van der Waals surface area contributed by atoms with E-state index in [0.29, 0.717) is 12.8 Å². The third-order valence-electron chi connectivity index (χ3n) is 4.19. The molecule has 1 amide bonds. The molecule has 1 saturated heterocycles. The number of carboxylic acid groups (broad SMARTS) is 1. The zero-order valence-corrected chi connectivity index (χ0v) is 12.6. The second-order valence-corrected chi connectivity index (χ2v) is 6.61. The van der Waals surface area contributed by atoms with Gasteiger partial charge in [-0.1, -0.05) is 0 Å². The number of nitrogens with one attached hydrogen (secondary N) is 1. The molecule has 2 N–H and O–H groups in total. The van der Waals surface area contributed by atoms with Gasteiger partial charge < -0.3 is 15.2 Å². The van der Waals surface area contributed by atoms with Crippen molar-refractivity contribution in [2.75, 3.05) is 0 Å². The highest BCUT2D eigenvalue weighted by Gasteiger charge is 2.45. The van der Waals surface area contributed by atoms with Gasteiger partial charge in [0.15, 0.2) is 6.10 Å². The molecular weight excluding hydrogens is 292 g/mol. The first kappa shape index (κ1) is 14.5. The van der Waals surface area contributed by atoms with Gasteiger partial charge in [-0.15, -0.1) is 11.3 Å². The number of amides is 1. The number of carbonyl (C=O) groups excluding carboxylic acids is 1. The number of carboxylic acids is 1. The number of aliphatic carboxylic acids is 1. The van der Waals surface area contributed by atoms with Crippen LogP contribution in [0.3, 0.4) is 0 Å². The van der Waals surface area contributed by atoms with Crippen molar-refractivity contribution in [1.82, 2.24) is 10.3 Å². The molecule has 0 unspecified atom stereocenters. The summed E-state index contributed by atoms with van der Waals surface area (Å²) in [6, 6.07) is 0. The predicted molar refractivity (Wildman–Crippen MR) is 76.1 cm³/mol. The Bertz CT molecular complexity index is 567. The molecule has 6 nitrogen and oxygen atoms in total. The van der Waals surface area contributed by atoms with Gasteiger partial charge >= 0.3 is 5.97 Å². The number of carbonyl (C=O) groups is 2. The number of aromatic nitrogens is 1. The summed E-state index contributed by atoms with van der Waals surface area (Å²) in [4.78, 5) is 27.7. The molecule has 0 radical (unpaired) electrons. The highest BCUT2D eigenvalue weighted by atomic mass is 32.1. The van der Waals surface area contributed by atoms with Crippen molar-refractivity contribution < 1.29 is 19.4 Å². The number of ether oxygens (including phenoxy) is 1. The minimum absolute atomic E-state index is 0.216. The summed E-state index contributed by atoms with van der Waals surface area (Å²) in [6.07, 6.45) is 2.13. The fraction of sp³-hybridized carbons (Fsp3) is 0.643. The average Bonchev–Trinajstić information content (AvgIpc) is 3.02. The largest absolute Gasteiger partial charge is 0.479 e. The van der Waals surface area contributed by atoms with Gasteiger partial charge in [0.2, 0.25) is 5.91 Å². The van der Waals surface area contributed by atoms with Gasteiger partial charge in [0.05, 0.1) is 5.54 Å². The number of rotatable bonds is 4. The molecule has 21 heavy (non-hydrogen) atoms. The number of aryl methyl sites for hydroxylation is 1. The summed E-state index contributed by atoms with van der Waals surface area (Å²) in [5, 5.41) is 14.9. The lowest BCUT2D eigenvalue weighted by molar-refractivity contribution is -0.152. The highest BCUT2D eigenvalue weighted by Crippen LogP contribution is 2.42. The van der Waals surface area contributed by atoms with Gasteiger partial charge in [-0.2, -0.15) is 0 Å². The Morgan fingerprint density at radius 3 is 2.62 bits per heavy atom. The molecule has 0 bridgehead atoms. The van der Waals surface area contributed by atoms with E-state index in [4.69, 9.17) is 9.84 Å². The topological polar surface area (TPSA) is 88.5 Å². The Morgan fingerprint density at radius 2 is 2.14 bits per heavy atom. The lowest BCUT2D eigenvalue weighted by Gasteiger charge is -2.41. The van der Waals surface area contributed by atoms with Crippen LogP contribution >= 0.6 is 11.3 Å². The second kappa shape index (κ2) is 5.38. The smallest absolute Gasteiger partial charge is 0.332 e. The average molecular weight is 310 g/mol. The van der Waals surface area contributed by atoms with Crippen molar-refractivity contribution in [2.24, 2.45) is 0 Å². The van der Waals surface area contributed by atoms with Crippen LogP contribution in [0.1, 0.15) is 42.8 Å². The summed E-state index contributed by atoms with van der Waals surface area (Å²) in [5.74, 6) is -1.22. The Hall–Kier alpha value is -1.47. The summed E-state index contributed by atoms with van der Waals surface area (Å²) >= 11 is 1.56. The molecule has 1 aromatic heterocycles. The molecular formula is C14H18N2O4S. The van der Waals surface area contributed by atoms with E-state index in [1.54, 1.807) is 11.3 Å². The van der Waals surface area contributed by atoms with Crippen molar-refractivity contribution >= 4 is 23.2 Å². The molecule has 0 aromatic carbocycles. The molecule has 1 saturated carbocycles. The summed E-state index contributed by atoms with van der Waals surface area (Å²) < 4.78 is 5.31. The van der Waals surface area contributed by atoms with Gasteiger partial charge in [-0.05, 0) is 39.0 Å². The number of hydrogen-bond acceptors (Lipinski definition) is 5. The van der Waals surface area contributed by atoms with E-state index in [9.17, 15) is 9.59 Å². The first-order valence-corrected chi connectivity index (χ1v) is 8.01. The van der Waals surface area contributed by atoms with Gasteiger partial charge in [-0.3, -0.25) is 4.79 Å². The van der Waals surface area contributed by atoms with Crippen molar-refractivity contribution in [1.29, 1.82) is 0 Å². The predicted octanol–water partition coefficient (Wildman–Crippen LogP) is 1.58. The zero-order chi connectivity index (χ0) is 15.0. The van der Waals surface area contributed by atoms with Crippen LogP contribution in [0.4, 0.5) is 0 Å². The van der Waals surface area contributed by atoms with Gasteiger partial charge in [0.25, 0.3) is 0 Å². The molecule has 7 heteroatoms. The summed E-state index contributed by atoms with van der Waals surface area (Å²) in [6.45, 7) is 1.94. The minimum Gasteiger partial charge on any atom is -0.479 e. The quantitative estimate of drug-likeness (QED) is 0.881. The van der Waals surface area contributed by atoms with Crippen LogP contribution < -0.4 is 5.32 Å². The lowest BCUT2D eigenvalue weighted by Crippen LogP contribution is -2.53. The molecule has 114 valence electrons. The van der Waals surface area contributed by atoms with E-state index in [1.165, 1.54) is 0 Å². The number of nitrogens with zero attached hydrogens (tertiary/aromatic N) is 1. The molecule has 0 spiro atoms.